The van der Waals surface area contributed by atoms with E-state index < -0.39 is 0 Å². The molecule has 1 aliphatic heterocycles. The summed E-state index contributed by atoms with van der Waals surface area (Å²) in [5, 5.41) is 3.45. The molecule has 0 amide bonds. The van der Waals surface area contributed by atoms with Crippen LogP contribution in [0.4, 0.5) is 0 Å². The first-order chi connectivity index (χ1) is 5.93. The molecule has 0 aliphatic carbocycles. The molecule has 3 heteroatoms. The van der Waals surface area contributed by atoms with Gasteiger partial charge in [-0.3, -0.25) is 0 Å². The van der Waals surface area contributed by atoms with Gasteiger partial charge in [0.15, 0.2) is 0 Å². The Bertz CT molecular complexity index is 105. The van der Waals surface area contributed by atoms with Gasteiger partial charge < -0.3 is 10.1 Å². The minimum atomic E-state index is 0.846. The third-order valence-corrected chi connectivity index (χ3v) is 2.60. The number of thiol groups is 1. The Hall–Kier alpha value is 0.270. The van der Waals surface area contributed by atoms with Crippen LogP contribution in [0.1, 0.15) is 19.3 Å². The van der Waals surface area contributed by atoms with Crippen LogP contribution in [-0.2, 0) is 4.74 Å². The summed E-state index contributed by atoms with van der Waals surface area (Å²) in [7, 11) is 0. The summed E-state index contributed by atoms with van der Waals surface area (Å²) in [5.41, 5.74) is 0. The zero-order valence-electron chi connectivity index (χ0n) is 7.59. The Labute approximate surface area is 80.5 Å². The molecule has 0 aromatic heterocycles. The quantitative estimate of drug-likeness (QED) is 0.503. The van der Waals surface area contributed by atoms with E-state index in [0.717, 1.165) is 38.0 Å². The van der Waals surface area contributed by atoms with Gasteiger partial charge in [-0.2, -0.15) is 12.6 Å². The van der Waals surface area contributed by atoms with Gasteiger partial charge in [-0.15, -0.1) is 0 Å². The second kappa shape index (κ2) is 6.75. The van der Waals surface area contributed by atoms with Gasteiger partial charge in [0, 0.05) is 13.2 Å². The molecule has 1 saturated heterocycles. The minimum Gasteiger partial charge on any atom is -0.381 e. The number of hydrogen-bond donors (Lipinski definition) is 2. The number of ether oxygens (including phenoxy) is 1. The molecule has 72 valence electrons. The summed E-state index contributed by atoms with van der Waals surface area (Å²) < 4.78 is 5.29. The predicted octanol–water partition coefficient (Wildman–Crippen LogP) is 1.32. The van der Waals surface area contributed by atoms with Gasteiger partial charge >= 0.3 is 0 Å². The Morgan fingerprint density at radius 1 is 1.33 bits per heavy atom. The summed E-state index contributed by atoms with van der Waals surface area (Å²) in [5.74, 6) is 1.83. The van der Waals surface area contributed by atoms with Crippen molar-refractivity contribution in [2.75, 3.05) is 32.1 Å². The van der Waals surface area contributed by atoms with Gasteiger partial charge in [0.2, 0.25) is 0 Å². The van der Waals surface area contributed by atoms with Crippen LogP contribution in [-0.4, -0.2) is 32.1 Å². The normalized spacial score (nSPS) is 19.8. The van der Waals surface area contributed by atoms with Crippen LogP contribution >= 0.6 is 12.6 Å². The van der Waals surface area contributed by atoms with Gasteiger partial charge in [-0.25, -0.2) is 0 Å². The zero-order chi connectivity index (χ0) is 8.65. The summed E-state index contributed by atoms with van der Waals surface area (Å²) >= 11 is 4.16. The fourth-order valence-corrected chi connectivity index (χ4v) is 1.62. The fourth-order valence-electron chi connectivity index (χ4n) is 1.46. The van der Waals surface area contributed by atoms with Crippen molar-refractivity contribution in [2.45, 2.75) is 19.3 Å². The van der Waals surface area contributed by atoms with Gasteiger partial charge in [0.25, 0.3) is 0 Å². The molecule has 2 nitrogen and oxygen atoms in total. The molecule has 0 radical (unpaired) electrons. The lowest BCUT2D eigenvalue weighted by molar-refractivity contribution is 0.0664. The monoisotopic (exact) mass is 189 g/mol. The van der Waals surface area contributed by atoms with Gasteiger partial charge in [-0.05, 0) is 44.0 Å². The summed E-state index contributed by atoms with van der Waals surface area (Å²) in [6.45, 7) is 4.19. The number of rotatable bonds is 5. The van der Waals surface area contributed by atoms with E-state index in [-0.39, 0.29) is 0 Å². The molecular formula is C9H19NOS. The van der Waals surface area contributed by atoms with Crippen molar-refractivity contribution in [2.24, 2.45) is 5.92 Å². The maximum atomic E-state index is 5.29. The second-order valence-corrected chi connectivity index (χ2v) is 3.78. The highest BCUT2D eigenvalue weighted by molar-refractivity contribution is 7.80. The lowest BCUT2D eigenvalue weighted by Crippen LogP contribution is -2.28. The maximum absolute atomic E-state index is 5.29. The Morgan fingerprint density at radius 3 is 2.75 bits per heavy atom. The Morgan fingerprint density at radius 2 is 2.08 bits per heavy atom. The van der Waals surface area contributed by atoms with Crippen LogP contribution in [0.25, 0.3) is 0 Å². The molecule has 12 heavy (non-hydrogen) atoms. The molecule has 1 rings (SSSR count). The highest BCUT2D eigenvalue weighted by Crippen LogP contribution is 2.12. The Balaban J connectivity index is 1.91. The van der Waals surface area contributed by atoms with E-state index >= 15 is 0 Å². The van der Waals surface area contributed by atoms with E-state index in [2.05, 4.69) is 17.9 Å². The fraction of sp³-hybridized carbons (Fsp3) is 1.00. The molecule has 1 aliphatic rings. The van der Waals surface area contributed by atoms with Crippen molar-refractivity contribution in [3.05, 3.63) is 0 Å². The Kier molecular flexibility index (Phi) is 5.82. The summed E-state index contributed by atoms with van der Waals surface area (Å²) in [6.07, 6.45) is 3.63. The van der Waals surface area contributed by atoms with Crippen LogP contribution < -0.4 is 5.32 Å². The topological polar surface area (TPSA) is 21.3 Å². The zero-order valence-corrected chi connectivity index (χ0v) is 8.48. The third-order valence-electron chi connectivity index (χ3n) is 2.29. The largest absolute Gasteiger partial charge is 0.381 e. The van der Waals surface area contributed by atoms with Crippen LogP contribution in [0.5, 0.6) is 0 Å². The molecule has 0 unspecified atom stereocenters. The molecule has 0 bridgehead atoms. The minimum absolute atomic E-state index is 0.846. The first-order valence-electron chi connectivity index (χ1n) is 4.83. The number of nitrogens with one attached hydrogen (secondary N) is 1. The average molecular weight is 189 g/mol. The average Bonchev–Trinajstić information content (AvgIpc) is 2.14. The predicted molar refractivity (Wildman–Crippen MR) is 54.9 cm³/mol. The van der Waals surface area contributed by atoms with Crippen LogP contribution in [0.3, 0.4) is 0 Å². The summed E-state index contributed by atoms with van der Waals surface area (Å²) in [6, 6.07) is 0. The third kappa shape index (κ3) is 4.33. The molecule has 0 aromatic rings. The molecule has 0 saturated carbocycles. The van der Waals surface area contributed by atoms with Crippen LogP contribution in [0, 0.1) is 5.92 Å². The van der Waals surface area contributed by atoms with Crippen molar-refractivity contribution < 1.29 is 4.74 Å². The SMILES string of the molecule is SCCCNCC1CCOCC1. The number of hydrogen-bond acceptors (Lipinski definition) is 3. The molecule has 1 heterocycles. The standard InChI is InChI=1S/C9H19NOS/c12-7-1-4-10-8-9-2-5-11-6-3-9/h9-10,12H,1-8H2. The molecular weight excluding hydrogens is 170 g/mol. The molecule has 0 aromatic carbocycles. The molecule has 1 fully saturated rings. The van der Waals surface area contributed by atoms with E-state index in [0.29, 0.717) is 0 Å². The first kappa shape index (κ1) is 10.4. The molecule has 0 atom stereocenters. The van der Waals surface area contributed by atoms with Gasteiger partial charge in [0.05, 0.1) is 0 Å². The highest BCUT2D eigenvalue weighted by Gasteiger charge is 2.12. The lowest BCUT2D eigenvalue weighted by atomic mass is 10.0. The molecule has 0 spiro atoms. The van der Waals surface area contributed by atoms with E-state index in [1.807, 2.05) is 0 Å². The molecule has 1 N–H and O–H groups in total. The second-order valence-electron chi connectivity index (χ2n) is 3.34. The first-order valence-corrected chi connectivity index (χ1v) is 5.46. The van der Waals surface area contributed by atoms with Crippen molar-refractivity contribution in [3.8, 4) is 0 Å². The van der Waals surface area contributed by atoms with Crippen LogP contribution in [0.15, 0.2) is 0 Å². The van der Waals surface area contributed by atoms with Gasteiger partial charge in [0.1, 0.15) is 0 Å². The van der Waals surface area contributed by atoms with Gasteiger partial charge in [-0.1, -0.05) is 0 Å². The maximum Gasteiger partial charge on any atom is 0.0469 e. The van der Waals surface area contributed by atoms with Crippen molar-refractivity contribution in [1.29, 1.82) is 0 Å². The van der Waals surface area contributed by atoms with Crippen LogP contribution in [0.2, 0.25) is 0 Å². The van der Waals surface area contributed by atoms with E-state index in [9.17, 15) is 0 Å². The summed E-state index contributed by atoms with van der Waals surface area (Å²) in [4.78, 5) is 0. The van der Waals surface area contributed by atoms with Crippen molar-refractivity contribution in [3.63, 3.8) is 0 Å². The smallest absolute Gasteiger partial charge is 0.0469 e. The van der Waals surface area contributed by atoms with Crippen molar-refractivity contribution >= 4 is 12.6 Å². The van der Waals surface area contributed by atoms with E-state index in [1.54, 1.807) is 0 Å². The van der Waals surface area contributed by atoms with Crippen molar-refractivity contribution in [1.82, 2.24) is 5.32 Å². The van der Waals surface area contributed by atoms with E-state index in [1.165, 1.54) is 19.3 Å². The van der Waals surface area contributed by atoms with E-state index in [4.69, 9.17) is 4.74 Å². The lowest BCUT2D eigenvalue weighted by Gasteiger charge is -2.22. The highest BCUT2D eigenvalue weighted by atomic mass is 32.1.